The van der Waals surface area contributed by atoms with E-state index in [0.29, 0.717) is 22.5 Å². The number of nitrogens with zero attached hydrogens (tertiary/aromatic N) is 3. The molecule has 26 heavy (non-hydrogen) atoms. The topological polar surface area (TPSA) is 62.7 Å². The van der Waals surface area contributed by atoms with Crippen LogP contribution in [-0.4, -0.2) is 21.0 Å². The van der Waals surface area contributed by atoms with Crippen LogP contribution in [0.2, 0.25) is 5.02 Å². The zero-order valence-electron chi connectivity index (χ0n) is 14.5. The average molecular weight is 372 g/mol. The zero-order chi connectivity index (χ0) is 18.5. The van der Waals surface area contributed by atoms with Gasteiger partial charge in [-0.2, -0.15) is 4.98 Å². The smallest absolute Gasteiger partial charge is 0.225 e. The van der Waals surface area contributed by atoms with Gasteiger partial charge in [0.1, 0.15) is 11.6 Å². The third-order valence-electron chi connectivity index (χ3n) is 3.86. The summed E-state index contributed by atoms with van der Waals surface area (Å²) in [5, 5.41) is 6.67. The summed E-state index contributed by atoms with van der Waals surface area (Å²) < 4.78 is 14.1. The van der Waals surface area contributed by atoms with Gasteiger partial charge in [-0.05, 0) is 43.7 Å². The largest absolute Gasteiger partial charge is 0.352 e. The normalized spacial score (nSPS) is 11.8. The van der Waals surface area contributed by atoms with E-state index < -0.39 is 5.82 Å². The van der Waals surface area contributed by atoms with Crippen LogP contribution in [0.15, 0.2) is 48.8 Å². The van der Waals surface area contributed by atoms with Gasteiger partial charge >= 0.3 is 0 Å². The second kappa shape index (κ2) is 8.10. The standard InChI is InChI=1S/C19H19ClFN5/c1-3-12(2)23-19-25-16(13-5-4-8-22-11-13)10-18(26-19)24-17-9-14(20)6-7-15(17)21/h4-12H,3H2,1-2H3,(H2,23,24,25,26)/t12-/m1/s1. The number of anilines is 3. The molecule has 1 atom stereocenters. The fourth-order valence-electron chi connectivity index (χ4n) is 2.29. The zero-order valence-corrected chi connectivity index (χ0v) is 15.3. The Balaban J connectivity index is 2.00. The van der Waals surface area contributed by atoms with Crippen LogP contribution in [0.3, 0.4) is 0 Å². The maximum atomic E-state index is 14.1. The Labute approximate surface area is 156 Å². The van der Waals surface area contributed by atoms with Crippen LogP contribution in [0, 0.1) is 5.82 Å². The molecule has 7 heteroatoms. The molecule has 0 aliphatic heterocycles. The predicted octanol–water partition coefficient (Wildman–Crippen LogP) is 5.29. The minimum absolute atomic E-state index is 0.204. The molecule has 1 aromatic carbocycles. The van der Waals surface area contributed by atoms with Crippen molar-refractivity contribution in [1.82, 2.24) is 15.0 Å². The number of hydrogen-bond acceptors (Lipinski definition) is 5. The summed E-state index contributed by atoms with van der Waals surface area (Å²) in [6.07, 6.45) is 4.34. The summed E-state index contributed by atoms with van der Waals surface area (Å²) in [5.41, 5.74) is 1.78. The molecule has 0 saturated carbocycles. The minimum Gasteiger partial charge on any atom is -0.352 e. The lowest BCUT2D eigenvalue weighted by Gasteiger charge is -2.15. The van der Waals surface area contributed by atoms with Crippen LogP contribution < -0.4 is 10.6 Å². The summed E-state index contributed by atoms with van der Waals surface area (Å²) in [6.45, 7) is 4.12. The van der Waals surface area contributed by atoms with Crippen molar-refractivity contribution in [3.05, 3.63) is 59.6 Å². The lowest BCUT2D eigenvalue weighted by molar-refractivity contribution is 0.632. The van der Waals surface area contributed by atoms with Gasteiger partial charge in [0, 0.05) is 35.1 Å². The van der Waals surface area contributed by atoms with E-state index in [0.717, 1.165) is 12.0 Å². The number of rotatable bonds is 6. The Morgan fingerprint density at radius 1 is 1.19 bits per heavy atom. The molecule has 0 unspecified atom stereocenters. The lowest BCUT2D eigenvalue weighted by Crippen LogP contribution is -2.16. The monoisotopic (exact) mass is 371 g/mol. The Morgan fingerprint density at radius 2 is 2.04 bits per heavy atom. The van der Waals surface area contributed by atoms with Crippen molar-refractivity contribution in [3.63, 3.8) is 0 Å². The van der Waals surface area contributed by atoms with Gasteiger partial charge in [0.05, 0.1) is 11.4 Å². The van der Waals surface area contributed by atoms with E-state index in [1.54, 1.807) is 18.5 Å². The number of pyridine rings is 1. The van der Waals surface area contributed by atoms with Gasteiger partial charge in [0.15, 0.2) is 0 Å². The highest BCUT2D eigenvalue weighted by Gasteiger charge is 2.11. The van der Waals surface area contributed by atoms with E-state index in [9.17, 15) is 4.39 Å². The first-order chi connectivity index (χ1) is 12.5. The first-order valence-corrected chi connectivity index (χ1v) is 8.71. The molecule has 0 radical (unpaired) electrons. The number of aromatic nitrogens is 3. The molecule has 2 aromatic heterocycles. The molecule has 0 fully saturated rings. The van der Waals surface area contributed by atoms with Crippen LogP contribution in [0.1, 0.15) is 20.3 Å². The quantitative estimate of drug-likeness (QED) is 0.616. The molecule has 3 aromatic rings. The lowest BCUT2D eigenvalue weighted by atomic mass is 10.2. The summed E-state index contributed by atoms with van der Waals surface area (Å²) >= 11 is 5.97. The summed E-state index contributed by atoms with van der Waals surface area (Å²) in [7, 11) is 0. The number of halogens is 2. The van der Waals surface area contributed by atoms with Crippen molar-refractivity contribution in [1.29, 1.82) is 0 Å². The van der Waals surface area contributed by atoms with Crippen molar-refractivity contribution in [2.45, 2.75) is 26.3 Å². The second-order valence-corrected chi connectivity index (χ2v) is 6.34. The predicted molar refractivity (Wildman–Crippen MR) is 103 cm³/mol. The Morgan fingerprint density at radius 3 is 2.77 bits per heavy atom. The Kier molecular flexibility index (Phi) is 5.63. The fraction of sp³-hybridized carbons (Fsp3) is 0.211. The Hall–Kier alpha value is -2.73. The minimum atomic E-state index is -0.410. The van der Waals surface area contributed by atoms with Gasteiger partial charge in [-0.1, -0.05) is 18.5 Å². The molecule has 0 aliphatic carbocycles. The molecular formula is C19H19ClFN5. The first-order valence-electron chi connectivity index (χ1n) is 8.33. The van der Waals surface area contributed by atoms with E-state index in [2.05, 4.69) is 32.5 Å². The van der Waals surface area contributed by atoms with Crippen LogP contribution in [0.5, 0.6) is 0 Å². The molecule has 2 N–H and O–H groups in total. The second-order valence-electron chi connectivity index (χ2n) is 5.91. The van der Waals surface area contributed by atoms with Crippen molar-refractivity contribution in [2.75, 3.05) is 10.6 Å². The number of hydrogen-bond donors (Lipinski definition) is 2. The van der Waals surface area contributed by atoms with Gasteiger partial charge in [-0.15, -0.1) is 0 Å². The van der Waals surface area contributed by atoms with Crippen molar-refractivity contribution in [3.8, 4) is 11.3 Å². The van der Waals surface area contributed by atoms with E-state index in [4.69, 9.17) is 11.6 Å². The molecule has 0 bridgehead atoms. The molecular weight excluding hydrogens is 353 g/mol. The molecule has 0 spiro atoms. The van der Waals surface area contributed by atoms with E-state index >= 15 is 0 Å². The number of nitrogens with one attached hydrogen (secondary N) is 2. The van der Waals surface area contributed by atoms with Crippen LogP contribution in [-0.2, 0) is 0 Å². The number of benzene rings is 1. The van der Waals surface area contributed by atoms with Gasteiger partial charge in [0.2, 0.25) is 5.95 Å². The molecule has 5 nitrogen and oxygen atoms in total. The summed E-state index contributed by atoms with van der Waals surface area (Å²) in [4.78, 5) is 13.1. The first kappa shape index (κ1) is 18.1. The summed E-state index contributed by atoms with van der Waals surface area (Å²) in [6, 6.07) is 10.0. The van der Waals surface area contributed by atoms with Crippen LogP contribution >= 0.6 is 11.6 Å². The average Bonchev–Trinajstić information content (AvgIpc) is 2.65. The Bertz CT molecular complexity index is 888. The highest BCUT2D eigenvalue weighted by Crippen LogP contribution is 2.26. The van der Waals surface area contributed by atoms with Gasteiger partial charge < -0.3 is 10.6 Å². The molecule has 0 saturated heterocycles. The maximum absolute atomic E-state index is 14.1. The van der Waals surface area contributed by atoms with E-state index in [1.165, 1.54) is 18.2 Å². The molecule has 0 aliphatic rings. The maximum Gasteiger partial charge on any atom is 0.225 e. The van der Waals surface area contributed by atoms with Gasteiger partial charge in [-0.3, -0.25) is 4.98 Å². The molecule has 3 rings (SSSR count). The third-order valence-corrected chi connectivity index (χ3v) is 4.10. The highest BCUT2D eigenvalue weighted by molar-refractivity contribution is 6.30. The van der Waals surface area contributed by atoms with Crippen LogP contribution in [0.25, 0.3) is 11.3 Å². The van der Waals surface area contributed by atoms with Crippen molar-refractivity contribution < 1.29 is 4.39 Å². The van der Waals surface area contributed by atoms with Gasteiger partial charge in [0.25, 0.3) is 0 Å². The van der Waals surface area contributed by atoms with Gasteiger partial charge in [-0.25, -0.2) is 9.37 Å². The van der Waals surface area contributed by atoms with Crippen molar-refractivity contribution in [2.24, 2.45) is 0 Å². The summed E-state index contributed by atoms with van der Waals surface area (Å²) in [5.74, 6) is 0.517. The van der Waals surface area contributed by atoms with E-state index in [-0.39, 0.29) is 11.7 Å². The van der Waals surface area contributed by atoms with Crippen LogP contribution in [0.4, 0.5) is 21.8 Å². The fourth-order valence-corrected chi connectivity index (χ4v) is 2.46. The third kappa shape index (κ3) is 4.46. The molecule has 134 valence electrons. The SMILES string of the molecule is CC[C@@H](C)Nc1nc(Nc2cc(Cl)ccc2F)cc(-c2cccnc2)n1. The van der Waals surface area contributed by atoms with E-state index in [1.807, 2.05) is 19.1 Å². The van der Waals surface area contributed by atoms with Crippen molar-refractivity contribution >= 4 is 29.1 Å². The highest BCUT2D eigenvalue weighted by atomic mass is 35.5. The molecule has 0 amide bonds. The molecule has 2 heterocycles.